The molecule has 6 heteroatoms. The smallest absolute Gasteiger partial charge is 0.294 e. The van der Waals surface area contributed by atoms with Gasteiger partial charge in [-0.1, -0.05) is 27.9 Å². The maximum Gasteiger partial charge on any atom is 0.294 e. The third-order valence-corrected chi connectivity index (χ3v) is 4.98. The Kier molecular flexibility index (Phi) is 4.65. The van der Waals surface area contributed by atoms with Gasteiger partial charge in [0.1, 0.15) is 11.5 Å². The summed E-state index contributed by atoms with van der Waals surface area (Å²) in [5.74, 6) is 3.10. The molecule has 24 heavy (non-hydrogen) atoms. The zero-order valence-electron chi connectivity index (χ0n) is 12.7. The molecule has 0 bridgehead atoms. The van der Waals surface area contributed by atoms with Crippen LogP contribution in [0.5, 0.6) is 0 Å². The highest BCUT2D eigenvalue weighted by atomic mass is 79.9. The number of hydrogen-bond acceptors (Lipinski definition) is 4. The molecule has 1 saturated heterocycles. The predicted octanol–water partition coefficient (Wildman–Crippen LogP) is 4.69. The molecule has 0 radical (unpaired) electrons. The molecule has 0 saturated carbocycles. The van der Waals surface area contributed by atoms with Crippen LogP contribution in [0, 0.1) is 19.3 Å². The van der Waals surface area contributed by atoms with Gasteiger partial charge in [0.05, 0.1) is 11.4 Å². The molecule has 1 aromatic carbocycles. The highest BCUT2D eigenvalue weighted by Crippen LogP contribution is 2.34. The zero-order chi connectivity index (χ0) is 17.3. The number of hydrogen-bond donors (Lipinski definition) is 0. The average Bonchev–Trinajstić information content (AvgIpc) is 3.08. The van der Waals surface area contributed by atoms with Crippen LogP contribution in [-0.4, -0.2) is 22.6 Å². The number of halogens is 1. The lowest BCUT2D eigenvalue weighted by Crippen LogP contribution is -2.28. The van der Waals surface area contributed by atoms with Crippen LogP contribution in [0.3, 0.4) is 0 Å². The molecule has 1 aliphatic rings. The van der Waals surface area contributed by atoms with E-state index in [9.17, 15) is 9.59 Å². The number of imide groups is 1. The van der Waals surface area contributed by atoms with Crippen molar-refractivity contribution >= 4 is 44.9 Å². The summed E-state index contributed by atoms with van der Waals surface area (Å²) < 4.78 is 6.72. The van der Waals surface area contributed by atoms with E-state index in [0.717, 1.165) is 32.3 Å². The zero-order valence-corrected chi connectivity index (χ0v) is 15.1. The number of benzene rings is 1. The van der Waals surface area contributed by atoms with E-state index < -0.39 is 5.91 Å². The summed E-state index contributed by atoms with van der Waals surface area (Å²) in [7, 11) is 0. The second kappa shape index (κ2) is 6.71. The van der Waals surface area contributed by atoms with Crippen LogP contribution < -0.4 is 0 Å². The molecular formula is C18H12BrNO3S. The Labute approximate surface area is 152 Å². The number of amides is 2. The van der Waals surface area contributed by atoms with E-state index in [1.807, 2.05) is 31.2 Å². The van der Waals surface area contributed by atoms with E-state index in [0.29, 0.717) is 16.4 Å². The first-order valence-corrected chi connectivity index (χ1v) is 8.65. The monoisotopic (exact) mass is 401 g/mol. The number of aryl methyl sites for hydroxylation is 1. The van der Waals surface area contributed by atoms with E-state index in [-0.39, 0.29) is 11.8 Å². The van der Waals surface area contributed by atoms with Crippen molar-refractivity contribution in [1.29, 1.82) is 0 Å². The largest absolute Gasteiger partial charge is 0.457 e. The van der Waals surface area contributed by atoms with Crippen molar-refractivity contribution < 1.29 is 14.0 Å². The van der Waals surface area contributed by atoms with E-state index in [2.05, 4.69) is 21.9 Å². The summed E-state index contributed by atoms with van der Waals surface area (Å²) in [6, 6.07) is 9.54. The van der Waals surface area contributed by atoms with Crippen LogP contribution in [0.25, 0.3) is 17.4 Å². The van der Waals surface area contributed by atoms with Gasteiger partial charge in [-0.3, -0.25) is 14.5 Å². The van der Waals surface area contributed by atoms with Crippen LogP contribution in [0.4, 0.5) is 4.79 Å². The van der Waals surface area contributed by atoms with Crippen molar-refractivity contribution in [2.24, 2.45) is 0 Å². The van der Waals surface area contributed by atoms with Gasteiger partial charge in [-0.2, -0.15) is 0 Å². The lowest BCUT2D eigenvalue weighted by Gasteiger charge is -2.06. The quantitative estimate of drug-likeness (QED) is 0.552. The van der Waals surface area contributed by atoms with Gasteiger partial charge in [-0.15, -0.1) is 6.42 Å². The molecule has 1 aromatic heterocycles. The summed E-state index contributed by atoms with van der Waals surface area (Å²) in [5, 5.41) is -0.364. The summed E-state index contributed by atoms with van der Waals surface area (Å²) in [6.45, 7) is 1.98. The number of terminal acetylenes is 1. The highest BCUT2D eigenvalue weighted by Gasteiger charge is 2.34. The summed E-state index contributed by atoms with van der Waals surface area (Å²) in [4.78, 5) is 25.3. The van der Waals surface area contributed by atoms with Crippen molar-refractivity contribution in [2.75, 3.05) is 6.54 Å². The summed E-state index contributed by atoms with van der Waals surface area (Å²) >= 11 is 4.38. The number of rotatable bonds is 3. The SMILES string of the molecule is C#CCN1C(=O)S/C(=C/c2ccc(-c3ccc(C)cc3Br)o2)C1=O. The second-order valence-corrected chi connectivity index (χ2v) is 7.00. The van der Waals surface area contributed by atoms with Crippen molar-refractivity contribution in [2.45, 2.75) is 6.92 Å². The van der Waals surface area contributed by atoms with Gasteiger partial charge in [-0.25, -0.2) is 0 Å². The Balaban J connectivity index is 1.88. The molecule has 4 nitrogen and oxygen atoms in total. The molecule has 2 amide bonds. The van der Waals surface area contributed by atoms with Crippen molar-refractivity contribution in [3.05, 3.63) is 51.0 Å². The second-order valence-electron chi connectivity index (χ2n) is 5.16. The molecule has 2 heterocycles. The fourth-order valence-corrected chi connectivity index (χ4v) is 3.76. The van der Waals surface area contributed by atoms with Gasteiger partial charge in [0.15, 0.2) is 0 Å². The number of thioether (sulfide) groups is 1. The van der Waals surface area contributed by atoms with Gasteiger partial charge < -0.3 is 4.42 Å². The number of nitrogens with zero attached hydrogens (tertiary/aromatic N) is 1. The maximum atomic E-state index is 12.1. The Hall–Kier alpha value is -2.23. The Morgan fingerprint density at radius 2 is 2.12 bits per heavy atom. The first-order chi connectivity index (χ1) is 11.5. The molecule has 0 aliphatic carbocycles. The lowest BCUT2D eigenvalue weighted by atomic mass is 10.1. The third-order valence-electron chi connectivity index (χ3n) is 3.41. The third kappa shape index (κ3) is 3.18. The van der Waals surface area contributed by atoms with Crippen molar-refractivity contribution in [3.8, 4) is 23.7 Å². The Morgan fingerprint density at radius 3 is 2.83 bits per heavy atom. The molecule has 120 valence electrons. The Morgan fingerprint density at radius 1 is 1.33 bits per heavy atom. The van der Waals surface area contributed by atoms with E-state index in [1.165, 1.54) is 0 Å². The van der Waals surface area contributed by atoms with Gasteiger partial charge >= 0.3 is 0 Å². The molecule has 2 aromatic rings. The highest BCUT2D eigenvalue weighted by molar-refractivity contribution is 9.10. The molecule has 1 aliphatic heterocycles. The summed E-state index contributed by atoms with van der Waals surface area (Å²) in [5.41, 5.74) is 2.06. The molecule has 3 rings (SSSR count). The van der Waals surface area contributed by atoms with Gasteiger partial charge in [0.25, 0.3) is 11.1 Å². The number of carbonyl (C=O) groups is 2. The molecule has 0 atom stereocenters. The molecule has 0 spiro atoms. The lowest BCUT2D eigenvalue weighted by molar-refractivity contribution is -0.122. The average molecular weight is 402 g/mol. The summed E-state index contributed by atoms with van der Waals surface area (Å²) in [6.07, 6.45) is 6.74. The first-order valence-electron chi connectivity index (χ1n) is 7.05. The first kappa shape index (κ1) is 16.6. The molecule has 0 N–H and O–H groups in total. The van der Waals surface area contributed by atoms with Crippen LogP contribution in [0.2, 0.25) is 0 Å². The minimum absolute atomic E-state index is 0.0261. The van der Waals surface area contributed by atoms with Gasteiger partial charge in [-0.05, 0) is 48.5 Å². The molecule has 0 unspecified atom stereocenters. The topological polar surface area (TPSA) is 50.5 Å². The van der Waals surface area contributed by atoms with E-state index >= 15 is 0 Å². The van der Waals surface area contributed by atoms with Crippen LogP contribution >= 0.6 is 27.7 Å². The van der Waals surface area contributed by atoms with Crippen molar-refractivity contribution in [3.63, 3.8) is 0 Å². The fraction of sp³-hybridized carbons (Fsp3) is 0.111. The molecular weight excluding hydrogens is 390 g/mol. The number of carbonyl (C=O) groups excluding carboxylic acids is 2. The van der Waals surface area contributed by atoms with Gasteiger partial charge in [0.2, 0.25) is 0 Å². The van der Waals surface area contributed by atoms with Crippen LogP contribution in [0.1, 0.15) is 11.3 Å². The normalized spacial score (nSPS) is 16.0. The standard InChI is InChI=1S/C18H12BrNO3S/c1-3-8-20-17(21)16(24-18(20)22)10-12-5-7-15(23-12)13-6-4-11(2)9-14(13)19/h1,4-7,9-10H,8H2,2H3/b16-10+. The Bertz CT molecular complexity index is 907. The molecule has 1 fully saturated rings. The minimum atomic E-state index is -0.391. The van der Waals surface area contributed by atoms with Gasteiger partial charge in [0, 0.05) is 16.1 Å². The van der Waals surface area contributed by atoms with Crippen molar-refractivity contribution in [1.82, 2.24) is 4.90 Å². The van der Waals surface area contributed by atoms with E-state index in [1.54, 1.807) is 12.1 Å². The minimum Gasteiger partial charge on any atom is -0.457 e. The van der Waals surface area contributed by atoms with Crippen LogP contribution in [-0.2, 0) is 4.79 Å². The van der Waals surface area contributed by atoms with Crippen LogP contribution in [0.15, 0.2) is 44.1 Å². The fourth-order valence-electron chi connectivity index (χ4n) is 2.25. The predicted molar refractivity (Wildman–Crippen MR) is 98.1 cm³/mol. The number of furan rings is 1. The maximum absolute atomic E-state index is 12.1. The van der Waals surface area contributed by atoms with E-state index in [4.69, 9.17) is 10.8 Å².